The standard InChI is InChI=1S/C17H25N5O6S/c1-18-17(21-10-6-13(7-11-21)16(23)28-2)19-8-9-20-29(26,27)15-5-3-4-14(12-15)22(24)25/h3-5,12-13,20H,6-11H2,1-2H3,(H,18,19). The number of guanidine groups is 1. The van der Waals surface area contributed by atoms with Crippen LogP contribution in [0.4, 0.5) is 5.69 Å². The molecule has 0 radical (unpaired) electrons. The van der Waals surface area contributed by atoms with Crippen LogP contribution in [0, 0.1) is 16.0 Å². The van der Waals surface area contributed by atoms with Gasteiger partial charge in [-0.2, -0.15) is 0 Å². The molecule has 1 aromatic carbocycles. The van der Waals surface area contributed by atoms with Crippen molar-refractivity contribution in [3.05, 3.63) is 34.4 Å². The quantitative estimate of drug-likeness (QED) is 0.158. The molecular formula is C17H25N5O6S. The molecule has 1 saturated heterocycles. The molecule has 11 nitrogen and oxygen atoms in total. The van der Waals surface area contributed by atoms with Gasteiger partial charge in [-0.1, -0.05) is 6.07 Å². The summed E-state index contributed by atoms with van der Waals surface area (Å²) in [5, 5.41) is 13.9. The highest BCUT2D eigenvalue weighted by atomic mass is 32.2. The van der Waals surface area contributed by atoms with Crippen LogP contribution < -0.4 is 10.0 Å². The number of ether oxygens (including phenoxy) is 1. The largest absolute Gasteiger partial charge is 0.469 e. The first-order chi connectivity index (χ1) is 13.8. The molecule has 0 atom stereocenters. The zero-order chi connectivity index (χ0) is 21.4. The van der Waals surface area contributed by atoms with E-state index in [1.54, 1.807) is 7.05 Å². The highest BCUT2D eigenvalue weighted by Gasteiger charge is 2.27. The predicted molar refractivity (Wildman–Crippen MR) is 106 cm³/mol. The van der Waals surface area contributed by atoms with E-state index in [9.17, 15) is 23.3 Å². The molecule has 0 amide bonds. The van der Waals surface area contributed by atoms with Crippen molar-refractivity contribution in [1.29, 1.82) is 0 Å². The van der Waals surface area contributed by atoms with Gasteiger partial charge in [0, 0.05) is 45.4 Å². The maximum absolute atomic E-state index is 12.3. The molecule has 29 heavy (non-hydrogen) atoms. The van der Waals surface area contributed by atoms with Gasteiger partial charge < -0.3 is 15.0 Å². The van der Waals surface area contributed by atoms with E-state index in [-0.39, 0.29) is 35.6 Å². The normalized spacial score (nSPS) is 15.8. The molecule has 1 aliphatic heterocycles. The number of nitro groups is 1. The molecule has 1 aromatic rings. The summed E-state index contributed by atoms with van der Waals surface area (Å²) in [5.41, 5.74) is -0.290. The van der Waals surface area contributed by atoms with Crippen LogP contribution in [-0.4, -0.2) is 70.5 Å². The number of nitrogens with zero attached hydrogens (tertiary/aromatic N) is 3. The average Bonchev–Trinajstić information content (AvgIpc) is 2.73. The number of nitro benzene ring substituents is 1. The summed E-state index contributed by atoms with van der Waals surface area (Å²) in [4.78, 5) is 27.8. The van der Waals surface area contributed by atoms with Gasteiger partial charge >= 0.3 is 5.97 Å². The van der Waals surface area contributed by atoms with Gasteiger partial charge in [0.15, 0.2) is 5.96 Å². The Labute approximate surface area is 169 Å². The number of hydrogen-bond acceptors (Lipinski definition) is 7. The Morgan fingerprint density at radius 2 is 2.03 bits per heavy atom. The summed E-state index contributed by atoms with van der Waals surface area (Å²) in [5.74, 6) is 0.294. The summed E-state index contributed by atoms with van der Waals surface area (Å²) in [6.45, 7) is 1.62. The van der Waals surface area contributed by atoms with Crippen LogP contribution in [0.15, 0.2) is 34.2 Å². The van der Waals surface area contributed by atoms with Crippen molar-refractivity contribution in [2.45, 2.75) is 17.7 Å². The third-order valence-electron chi connectivity index (χ3n) is 4.58. The van der Waals surface area contributed by atoms with Crippen molar-refractivity contribution < 1.29 is 22.9 Å². The van der Waals surface area contributed by atoms with Crippen molar-refractivity contribution >= 4 is 27.6 Å². The first-order valence-corrected chi connectivity index (χ1v) is 10.5. The van der Waals surface area contributed by atoms with Crippen molar-refractivity contribution in [3.63, 3.8) is 0 Å². The average molecular weight is 427 g/mol. The Kier molecular flexibility index (Phi) is 7.91. The minimum atomic E-state index is -3.86. The number of carbonyl (C=O) groups excluding carboxylic acids is 1. The van der Waals surface area contributed by atoms with Gasteiger partial charge in [-0.25, -0.2) is 13.1 Å². The Morgan fingerprint density at radius 3 is 2.62 bits per heavy atom. The van der Waals surface area contributed by atoms with E-state index in [2.05, 4.69) is 15.0 Å². The Bertz CT molecular complexity index is 865. The number of benzene rings is 1. The van der Waals surface area contributed by atoms with E-state index >= 15 is 0 Å². The first kappa shape index (κ1) is 22.6. The Morgan fingerprint density at radius 1 is 1.34 bits per heavy atom. The summed E-state index contributed by atoms with van der Waals surface area (Å²) in [7, 11) is -0.859. The van der Waals surface area contributed by atoms with Gasteiger partial charge in [0.2, 0.25) is 10.0 Å². The zero-order valence-electron chi connectivity index (χ0n) is 16.3. The third-order valence-corrected chi connectivity index (χ3v) is 6.04. The molecule has 12 heteroatoms. The third kappa shape index (κ3) is 6.12. The highest BCUT2D eigenvalue weighted by Crippen LogP contribution is 2.19. The lowest BCUT2D eigenvalue weighted by Gasteiger charge is -2.33. The molecule has 0 aromatic heterocycles. The van der Waals surface area contributed by atoms with Crippen LogP contribution in [0.3, 0.4) is 0 Å². The van der Waals surface area contributed by atoms with Gasteiger partial charge in [0.25, 0.3) is 5.69 Å². The maximum Gasteiger partial charge on any atom is 0.308 e. The van der Waals surface area contributed by atoms with Gasteiger partial charge in [0.05, 0.1) is 22.8 Å². The second-order valence-corrected chi connectivity index (χ2v) is 8.18. The van der Waals surface area contributed by atoms with Crippen LogP contribution in [0.2, 0.25) is 0 Å². The topological polar surface area (TPSA) is 143 Å². The number of carbonyl (C=O) groups is 1. The molecule has 2 rings (SSSR count). The van der Waals surface area contributed by atoms with E-state index < -0.39 is 14.9 Å². The fourth-order valence-corrected chi connectivity index (χ4v) is 4.10. The SMILES string of the molecule is CN=C(NCCNS(=O)(=O)c1cccc([N+](=O)[O-])c1)N1CCC(C(=O)OC)CC1. The van der Waals surface area contributed by atoms with Crippen LogP contribution in [0.1, 0.15) is 12.8 Å². The Hall–Kier alpha value is -2.73. The maximum atomic E-state index is 12.3. The van der Waals surface area contributed by atoms with Crippen molar-refractivity contribution in [2.24, 2.45) is 10.9 Å². The monoisotopic (exact) mass is 427 g/mol. The van der Waals surface area contributed by atoms with Crippen LogP contribution >= 0.6 is 0 Å². The number of methoxy groups -OCH3 is 1. The number of sulfonamides is 1. The predicted octanol–water partition coefficient (Wildman–Crippen LogP) is 0.334. The summed E-state index contributed by atoms with van der Waals surface area (Å²) >= 11 is 0. The fraction of sp³-hybridized carbons (Fsp3) is 0.529. The number of piperidine rings is 1. The van der Waals surface area contributed by atoms with Crippen molar-refractivity contribution in [2.75, 3.05) is 40.3 Å². The molecule has 1 aliphatic rings. The molecule has 160 valence electrons. The fourth-order valence-electron chi connectivity index (χ4n) is 3.03. The second kappa shape index (κ2) is 10.2. The number of rotatable bonds is 7. The van der Waals surface area contributed by atoms with Crippen molar-refractivity contribution in [3.8, 4) is 0 Å². The second-order valence-electron chi connectivity index (χ2n) is 6.41. The number of non-ortho nitro benzene ring substituents is 1. The summed E-state index contributed by atoms with van der Waals surface area (Å²) in [6, 6.07) is 4.87. The molecule has 2 N–H and O–H groups in total. The molecule has 0 aliphatic carbocycles. The molecule has 0 saturated carbocycles. The van der Waals surface area contributed by atoms with E-state index in [4.69, 9.17) is 4.74 Å². The van der Waals surface area contributed by atoms with Gasteiger partial charge in [-0.3, -0.25) is 19.9 Å². The van der Waals surface area contributed by atoms with E-state index in [0.717, 1.165) is 6.07 Å². The van der Waals surface area contributed by atoms with Crippen LogP contribution in [0.5, 0.6) is 0 Å². The Balaban J connectivity index is 1.83. The van der Waals surface area contributed by atoms with Crippen LogP contribution in [-0.2, 0) is 19.6 Å². The summed E-state index contributed by atoms with van der Waals surface area (Å²) < 4.78 is 31.8. The summed E-state index contributed by atoms with van der Waals surface area (Å²) in [6.07, 6.45) is 1.32. The van der Waals surface area contributed by atoms with E-state index in [0.29, 0.717) is 31.9 Å². The number of nitrogens with one attached hydrogen (secondary N) is 2. The number of aliphatic imine (C=N–C) groups is 1. The van der Waals surface area contributed by atoms with Gasteiger partial charge in [0.1, 0.15) is 0 Å². The molecule has 0 bridgehead atoms. The van der Waals surface area contributed by atoms with Gasteiger partial charge in [-0.15, -0.1) is 0 Å². The van der Waals surface area contributed by atoms with E-state index in [1.807, 2.05) is 4.90 Å². The van der Waals surface area contributed by atoms with E-state index in [1.165, 1.54) is 25.3 Å². The lowest BCUT2D eigenvalue weighted by Crippen LogP contribution is -2.48. The number of hydrogen-bond donors (Lipinski definition) is 2. The van der Waals surface area contributed by atoms with Crippen LogP contribution in [0.25, 0.3) is 0 Å². The van der Waals surface area contributed by atoms with Crippen molar-refractivity contribution in [1.82, 2.24) is 14.9 Å². The minimum absolute atomic E-state index is 0.0721. The van der Waals surface area contributed by atoms with Gasteiger partial charge in [-0.05, 0) is 18.9 Å². The first-order valence-electron chi connectivity index (χ1n) is 9.06. The number of likely N-dealkylation sites (tertiary alicyclic amines) is 1. The smallest absolute Gasteiger partial charge is 0.308 e. The number of esters is 1. The molecule has 1 fully saturated rings. The molecule has 0 unspecified atom stereocenters. The minimum Gasteiger partial charge on any atom is -0.469 e. The molecule has 0 spiro atoms. The highest BCUT2D eigenvalue weighted by molar-refractivity contribution is 7.89. The molecule has 1 heterocycles. The lowest BCUT2D eigenvalue weighted by atomic mass is 9.97. The zero-order valence-corrected chi connectivity index (χ0v) is 17.1. The lowest BCUT2D eigenvalue weighted by molar-refractivity contribution is -0.385. The molecular weight excluding hydrogens is 402 g/mol.